The van der Waals surface area contributed by atoms with E-state index in [1.54, 1.807) is 0 Å². The molecule has 112 valence electrons. The fraction of sp³-hybridized carbons (Fsp3) is 0.571. The molecule has 1 aliphatic carbocycles. The lowest BCUT2D eigenvalue weighted by Gasteiger charge is -2.08. The summed E-state index contributed by atoms with van der Waals surface area (Å²) in [4.78, 5) is 28.5. The van der Waals surface area contributed by atoms with Gasteiger partial charge in [-0.2, -0.15) is 9.61 Å². The van der Waals surface area contributed by atoms with Gasteiger partial charge in [0.25, 0.3) is 5.56 Å². The molecular formula is C14H17N3O3S. The van der Waals surface area contributed by atoms with Gasteiger partial charge in [-0.15, -0.1) is 0 Å². The lowest BCUT2D eigenvalue weighted by Crippen LogP contribution is -2.17. The van der Waals surface area contributed by atoms with Crippen LogP contribution in [0.1, 0.15) is 42.8 Å². The summed E-state index contributed by atoms with van der Waals surface area (Å²) < 4.78 is 6.50. The Morgan fingerprint density at radius 1 is 1.48 bits per heavy atom. The maximum atomic E-state index is 11.9. The molecule has 0 unspecified atom stereocenters. The molecule has 0 amide bonds. The quantitative estimate of drug-likeness (QED) is 0.809. The largest absolute Gasteiger partial charge is 0.459 e. The number of nitrogens with zero attached hydrogens (tertiary/aromatic N) is 3. The first kappa shape index (κ1) is 14.2. The third-order valence-electron chi connectivity index (χ3n) is 3.71. The zero-order valence-corrected chi connectivity index (χ0v) is 12.7. The van der Waals surface area contributed by atoms with E-state index in [2.05, 4.69) is 10.1 Å². The molecule has 0 radical (unpaired) electrons. The molecule has 2 aromatic rings. The minimum atomic E-state index is -0.244. The molecule has 0 spiro atoms. The van der Waals surface area contributed by atoms with Crippen molar-refractivity contribution < 1.29 is 9.53 Å². The molecular weight excluding hydrogens is 290 g/mol. The van der Waals surface area contributed by atoms with E-state index in [4.69, 9.17) is 4.74 Å². The molecule has 2 heterocycles. The lowest BCUT2D eigenvalue weighted by atomic mass is 10.0. The second kappa shape index (κ2) is 5.93. The summed E-state index contributed by atoms with van der Waals surface area (Å²) in [6.07, 6.45) is 5.11. The van der Waals surface area contributed by atoms with Crippen molar-refractivity contribution >= 4 is 22.3 Å². The van der Waals surface area contributed by atoms with Crippen molar-refractivity contribution in [3.63, 3.8) is 0 Å². The highest BCUT2D eigenvalue weighted by molar-refractivity contribution is 7.16. The number of carbonyl (C=O) groups excluding carboxylic acids is 1. The Labute approximate surface area is 125 Å². The van der Waals surface area contributed by atoms with Crippen LogP contribution in [0.4, 0.5) is 0 Å². The minimum absolute atomic E-state index is 0.0498. The first-order valence-electron chi connectivity index (χ1n) is 7.14. The van der Waals surface area contributed by atoms with E-state index >= 15 is 0 Å². The molecule has 3 rings (SSSR count). The maximum Gasteiger partial charge on any atom is 0.306 e. The van der Waals surface area contributed by atoms with Crippen molar-refractivity contribution in [1.29, 1.82) is 0 Å². The molecule has 0 saturated heterocycles. The van der Waals surface area contributed by atoms with Crippen molar-refractivity contribution in [1.82, 2.24) is 14.6 Å². The molecule has 0 N–H and O–H groups in total. The van der Waals surface area contributed by atoms with Crippen LogP contribution in [0.25, 0.3) is 4.96 Å². The topological polar surface area (TPSA) is 73.6 Å². The molecule has 2 aromatic heterocycles. The monoisotopic (exact) mass is 307 g/mol. The normalized spacial score (nSPS) is 15.7. The summed E-state index contributed by atoms with van der Waals surface area (Å²) in [7, 11) is 0. The van der Waals surface area contributed by atoms with E-state index in [0.717, 1.165) is 17.8 Å². The van der Waals surface area contributed by atoms with Gasteiger partial charge >= 0.3 is 5.97 Å². The number of hydrogen-bond donors (Lipinski definition) is 0. The van der Waals surface area contributed by atoms with Gasteiger partial charge in [0, 0.05) is 12.5 Å². The molecule has 21 heavy (non-hydrogen) atoms. The highest BCUT2D eigenvalue weighted by atomic mass is 32.1. The number of esters is 1. The summed E-state index contributed by atoms with van der Waals surface area (Å²) in [5, 5.41) is 4.84. The zero-order chi connectivity index (χ0) is 14.8. The van der Waals surface area contributed by atoms with Crippen LogP contribution in [-0.2, 0) is 16.1 Å². The average molecular weight is 307 g/mol. The number of aromatic nitrogens is 3. The Morgan fingerprint density at radius 3 is 3.00 bits per heavy atom. The minimum Gasteiger partial charge on any atom is -0.459 e. The van der Waals surface area contributed by atoms with Crippen LogP contribution in [0.2, 0.25) is 0 Å². The molecule has 7 heteroatoms. The molecule has 0 bridgehead atoms. The second-order valence-electron chi connectivity index (χ2n) is 5.42. The van der Waals surface area contributed by atoms with Crippen molar-refractivity contribution in [3.8, 4) is 0 Å². The van der Waals surface area contributed by atoms with Crippen molar-refractivity contribution in [2.24, 2.45) is 5.92 Å². The number of hydrogen-bond acceptors (Lipinski definition) is 6. The summed E-state index contributed by atoms with van der Waals surface area (Å²) in [6, 6.07) is 1.37. The number of fused-ring (bicyclic) bond motifs is 1. The second-order valence-corrected chi connectivity index (χ2v) is 6.58. The van der Waals surface area contributed by atoms with E-state index < -0.39 is 0 Å². The van der Waals surface area contributed by atoms with Gasteiger partial charge in [-0.1, -0.05) is 24.2 Å². The van der Waals surface area contributed by atoms with Crippen LogP contribution in [0.15, 0.2) is 10.9 Å². The highest BCUT2D eigenvalue weighted by Gasteiger charge is 2.19. The Morgan fingerprint density at radius 2 is 2.24 bits per heavy atom. The standard InChI is InChI=1S/C14H17N3O3S/c1-9-16-17-12(18)7-11(15-14(17)21-9)8-20-13(19)6-10-4-2-3-5-10/h7,10H,2-6,8H2,1H3. The van der Waals surface area contributed by atoms with E-state index in [-0.39, 0.29) is 18.1 Å². The van der Waals surface area contributed by atoms with E-state index in [1.165, 1.54) is 34.8 Å². The van der Waals surface area contributed by atoms with Crippen molar-refractivity contribution in [2.75, 3.05) is 0 Å². The first-order valence-corrected chi connectivity index (χ1v) is 7.95. The lowest BCUT2D eigenvalue weighted by molar-refractivity contribution is -0.146. The SMILES string of the molecule is Cc1nn2c(=O)cc(COC(=O)CC3CCCC3)nc2s1. The zero-order valence-electron chi connectivity index (χ0n) is 11.9. The Hall–Kier alpha value is -1.76. The van der Waals surface area contributed by atoms with Crippen LogP contribution in [0.3, 0.4) is 0 Å². The number of rotatable bonds is 4. The summed E-state index contributed by atoms with van der Waals surface area (Å²) in [5.41, 5.74) is 0.231. The molecule has 0 aromatic carbocycles. The van der Waals surface area contributed by atoms with Crippen molar-refractivity contribution in [3.05, 3.63) is 27.1 Å². The summed E-state index contributed by atoms with van der Waals surface area (Å²) in [6.45, 7) is 1.87. The molecule has 0 aliphatic heterocycles. The van der Waals surface area contributed by atoms with E-state index in [0.29, 0.717) is 23.0 Å². The van der Waals surface area contributed by atoms with Gasteiger partial charge in [-0.3, -0.25) is 9.59 Å². The third kappa shape index (κ3) is 3.29. The van der Waals surface area contributed by atoms with Crippen LogP contribution in [-0.4, -0.2) is 20.6 Å². The van der Waals surface area contributed by atoms with Gasteiger partial charge in [-0.25, -0.2) is 4.98 Å². The van der Waals surface area contributed by atoms with Gasteiger partial charge in [0.2, 0.25) is 4.96 Å². The van der Waals surface area contributed by atoms with Crippen LogP contribution >= 0.6 is 11.3 Å². The van der Waals surface area contributed by atoms with E-state index in [9.17, 15) is 9.59 Å². The van der Waals surface area contributed by atoms with Gasteiger partial charge in [0.15, 0.2) is 0 Å². The Kier molecular flexibility index (Phi) is 4.01. The highest BCUT2D eigenvalue weighted by Crippen LogP contribution is 2.27. The van der Waals surface area contributed by atoms with Crippen LogP contribution in [0.5, 0.6) is 0 Å². The number of carbonyl (C=O) groups is 1. The van der Waals surface area contributed by atoms with Gasteiger partial charge < -0.3 is 4.74 Å². The maximum absolute atomic E-state index is 11.9. The fourth-order valence-corrected chi connectivity index (χ4v) is 3.46. The number of ether oxygens (including phenoxy) is 1. The van der Waals surface area contributed by atoms with Crippen molar-refractivity contribution in [2.45, 2.75) is 45.6 Å². The first-order chi connectivity index (χ1) is 10.1. The Balaban J connectivity index is 1.64. The van der Waals surface area contributed by atoms with Crippen LogP contribution < -0.4 is 5.56 Å². The fourth-order valence-electron chi connectivity index (χ4n) is 2.69. The molecule has 1 fully saturated rings. The predicted molar refractivity (Wildman–Crippen MR) is 78.2 cm³/mol. The average Bonchev–Trinajstić information content (AvgIpc) is 3.05. The molecule has 1 aliphatic rings. The van der Waals surface area contributed by atoms with E-state index in [1.807, 2.05) is 6.92 Å². The Bertz CT molecular complexity index is 716. The smallest absolute Gasteiger partial charge is 0.306 e. The molecule has 0 atom stereocenters. The van der Waals surface area contributed by atoms with Gasteiger partial charge in [-0.05, 0) is 25.7 Å². The summed E-state index contributed by atoms with van der Waals surface area (Å²) in [5.74, 6) is 0.257. The van der Waals surface area contributed by atoms with Crippen LogP contribution in [0, 0.1) is 12.8 Å². The van der Waals surface area contributed by atoms with Gasteiger partial charge in [0.05, 0.1) is 5.69 Å². The number of aryl methyl sites for hydroxylation is 1. The molecule has 1 saturated carbocycles. The van der Waals surface area contributed by atoms with Gasteiger partial charge in [0.1, 0.15) is 11.6 Å². The third-order valence-corrected chi connectivity index (χ3v) is 4.53. The summed E-state index contributed by atoms with van der Waals surface area (Å²) >= 11 is 1.34. The molecule has 6 nitrogen and oxygen atoms in total. The predicted octanol–water partition coefficient (Wildman–Crippen LogP) is 2.08.